The summed E-state index contributed by atoms with van der Waals surface area (Å²) >= 11 is 1.42. The van der Waals surface area contributed by atoms with Crippen molar-refractivity contribution in [3.05, 3.63) is 34.8 Å². The van der Waals surface area contributed by atoms with E-state index in [0.29, 0.717) is 5.69 Å². The van der Waals surface area contributed by atoms with Crippen LogP contribution >= 0.6 is 11.3 Å². The minimum absolute atomic E-state index is 0.161. The average Bonchev–Trinajstić information content (AvgIpc) is 3.02. The van der Waals surface area contributed by atoms with Crippen LogP contribution in [0.25, 0.3) is 10.6 Å². The van der Waals surface area contributed by atoms with E-state index in [4.69, 9.17) is 0 Å². The Morgan fingerprint density at radius 1 is 1.41 bits per heavy atom. The molecule has 0 bridgehead atoms. The fourth-order valence-corrected chi connectivity index (χ4v) is 2.73. The Morgan fingerprint density at radius 3 is 2.68 bits per heavy atom. The molecule has 0 saturated carbocycles. The summed E-state index contributed by atoms with van der Waals surface area (Å²) in [6, 6.07) is 3.10. The molecule has 0 fully saturated rings. The standard InChI is InChI=1S/C16H18F2N2OS/c1-4-9(2)20-13-8-11(14(21)15(17)18)7-12(10(13)3)16-19-5-6-22-16/h5-8,14-15,21H,4H2,1-3H3. The highest BCUT2D eigenvalue weighted by atomic mass is 32.1. The van der Waals surface area contributed by atoms with Gasteiger partial charge in [0.2, 0.25) is 0 Å². The van der Waals surface area contributed by atoms with Crippen LogP contribution in [0.4, 0.5) is 14.5 Å². The van der Waals surface area contributed by atoms with Gasteiger partial charge in [0.05, 0.1) is 5.69 Å². The van der Waals surface area contributed by atoms with Crippen molar-refractivity contribution < 1.29 is 13.9 Å². The molecule has 0 spiro atoms. The molecule has 0 aliphatic rings. The van der Waals surface area contributed by atoms with Crippen molar-refractivity contribution in [1.82, 2.24) is 4.98 Å². The molecule has 2 rings (SSSR count). The number of alkyl halides is 2. The minimum Gasteiger partial charge on any atom is -0.382 e. The number of hydrogen-bond donors (Lipinski definition) is 1. The lowest BCUT2D eigenvalue weighted by molar-refractivity contribution is -0.00573. The number of rotatable bonds is 5. The van der Waals surface area contributed by atoms with Crippen molar-refractivity contribution in [2.75, 3.05) is 0 Å². The first-order valence-electron chi connectivity index (χ1n) is 6.98. The van der Waals surface area contributed by atoms with Crippen LogP contribution < -0.4 is 0 Å². The number of nitrogens with zero attached hydrogens (tertiary/aromatic N) is 2. The number of benzene rings is 1. The largest absolute Gasteiger partial charge is 0.382 e. The predicted octanol–water partition coefficient (Wildman–Crippen LogP) is 4.92. The summed E-state index contributed by atoms with van der Waals surface area (Å²) < 4.78 is 25.7. The topological polar surface area (TPSA) is 45.5 Å². The highest BCUT2D eigenvalue weighted by molar-refractivity contribution is 7.13. The fraction of sp³-hybridized carbons (Fsp3) is 0.375. The molecule has 6 heteroatoms. The molecule has 0 saturated heterocycles. The van der Waals surface area contributed by atoms with E-state index in [9.17, 15) is 13.9 Å². The molecule has 1 unspecified atom stereocenters. The summed E-state index contributed by atoms with van der Waals surface area (Å²) in [4.78, 5) is 8.72. The molecule has 1 N–H and O–H groups in total. The summed E-state index contributed by atoms with van der Waals surface area (Å²) in [7, 11) is 0. The van der Waals surface area contributed by atoms with Crippen LogP contribution in [0.2, 0.25) is 0 Å². The van der Waals surface area contributed by atoms with E-state index in [2.05, 4.69) is 9.98 Å². The Labute approximate surface area is 132 Å². The molecule has 0 radical (unpaired) electrons. The third-order valence-corrected chi connectivity index (χ3v) is 4.27. The smallest absolute Gasteiger partial charge is 0.268 e. The molecule has 1 atom stereocenters. The molecule has 0 aliphatic heterocycles. The third kappa shape index (κ3) is 3.56. The highest BCUT2D eigenvalue weighted by Crippen LogP contribution is 2.36. The van der Waals surface area contributed by atoms with Gasteiger partial charge in [-0.25, -0.2) is 13.8 Å². The summed E-state index contributed by atoms with van der Waals surface area (Å²) in [5.41, 5.74) is 3.26. The van der Waals surface area contributed by atoms with Gasteiger partial charge in [0.25, 0.3) is 6.43 Å². The highest BCUT2D eigenvalue weighted by Gasteiger charge is 2.22. The van der Waals surface area contributed by atoms with Crippen molar-refractivity contribution in [3.8, 4) is 10.6 Å². The van der Waals surface area contributed by atoms with Crippen LogP contribution in [-0.2, 0) is 0 Å². The van der Waals surface area contributed by atoms with Gasteiger partial charge in [-0.05, 0) is 43.5 Å². The van der Waals surface area contributed by atoms with Crippen molar-refractivity contribution in [2.45, 2.75) is 39.7 Å². The van der Waals surface area contributed by atoms with E-state index in [1.807, 2.05) is 26.2 Å². The maximum absolute atomic E-state index is 12.9. The molecule has 0 amide bonds. The zero-order valence-electron chi connectivity index (χ0n) is 12.7. The van der Waals surface area contributed by atoms with Gasteiger partial charge in [-0.2, -0.15) is 0 Å². The first-order valence-corrected chi connectivity index (χ1v) is 7.86. The number of thiazole rings is 1. The molecule has 22 heavy (non-hydrogen) atoms. The second-order valence-electron chi connectivity index (χ2n) is 5.03. The van der Waals surface area contributed by atoms with Crippen LogP contribution in [0, 0.1) is 6.92 Å². The molecule has 0 aliphatic carbocycles. The number of hydrogen-bond acceptors (Lipinski definition) is 4. The average molecular weight is 324 g/mol. The Balaban J connectivity index is 2.63. The van der Waals surface area contributed by atoms with Crippen LogP contribution in [-0.4, -0.2) is 22.2 Å². The molecule has 1 heterocycles. The first kappa shape index (κ1) is 16.7. The van der Waals surface area contributed by atoms with E-state index in [1.54, 1.807) is 12.3 Å². The number of aromatic nitrogens is 1. The Kier molecular flexibility index (Phi) is 5.37. The molecular weight excluding hydrogens is 306 g/mol. The van der Waals surface area contributed by atoms with Gasteiger partial charge >= 0.3 is 0 Å². The summed E-state index contributed by atoms with van der Waals surface area (Å²) in [5, 5.41) is 12.3. The number of halogens is 2. The number of aliphatic hydroxyl groups is 1. The number of aliphatic imine (C=N–C) groups is 1. The molecule has 1 aromatic carbocycles. The molecule has 118 valence electrons. The Morgan fingerprint density at radius 2 is 2.14 bits per heavy atom. The third-order valence-electron chi connectivity index (χ3n) is 3.47. The first-order chi connectivity index (χ1) is 10.4. The predicted molar refractivity (Wildman–Crippen MR) is 86.3 cm³/mol. The lowest BCUT2D eigenvalue weighted by Gasteiger charge is -2.15. The van der Waals surface area contributed by atoms with E-state index in [0.717, 1.165) is 28.3 Å². The van der Waals surface area contributed by atoms with E-state index < -0.39 is 12.5 Å². The zero-order chi connectivity index (χ0) is 16.3. The Hall–Kier alpha value is -1.66. The van der Waals surface area contributed by atoms with E-state index in [-0.39, 0.29) is 5.56 Å². The van der Waals surface area contributed by atoms with Crippen LogP contribution in [0.3, 0.4) is 0 Å². The van der Waals surface area contributed by atoms with Crippen molar-refractivity contribution >= 4 is 22.7 Å². The van der Waals surface area contributed by atoms with Gasteiger partial charge < -0.3 is 5.11 Å². The maximum Gasteiger partial charge on any atom is 0.268 e. The van der Waals surface area contributed by atoms with Gasteiger partial charge in [0.15, 0.2) is 0 Å². The summed E-state index contributed by atoms with van der Waals surface area (Å²) in [5.74, 6) is 0. The van der Waals surface area contributed by atoms with Crippen molar-refractivity contribution in [2.24, 2.45) is 4.99 Å². The van der Waals surface area contributed by atoms with Crippen LogP contribution in [0.1, 0.15) is 37.5 Å². The van der Waals surface area contributed by atoms with Crippen molar-refractivity contribution in [1.29, 1.82) is 0 Å². The van der Waals surface area contributed by atoms with E-state index >= 15 is 0 Å². The lowest BCUT2D eigenvalue weighted by atomic mass is 10.00. The second kappa shape index (κ2) is 7.07. The van der Waals surface area contributed by atoms with Gasteiger partial charge in [-0.1, -0.05) is 6.92 Å². The van der Waals surface area contributed by atoms with Gasteiger partial charge in [0.1, 0.15) is 11.1 Å². The summed E-state index contributed by atoms with van der Waals surface area (Å²) in [6.07, 6.45) is -2.23. The van der Waals surface area contributed by atoms with Crippen molar-refractivity contribution in [3.63, 3.8) is 0 Å². The van der Waals surface area contributed by atoms with Gasteiger partial charge in [0, 0.05) is 22.9 Å². The maximum atomic E-state index is 12.9. The van der Waals surface area contributed by atoms with Gasteiger partial charge in [-0.3, -0.25) is 4.99 Å². The summed E-state index contributed by atoms with van der Waals surface area (Å²) in [6.45, 7) is 5.75. The lowest BCUT2D eigenvalue weighted by Crippen LogP contribution is -2.08. The minimum atomic E-state index is -2.84. The Bertz CT molecular complexity index is 669. The van der Waals surface area contributed by atoms with Crippen LogP contribution in [0.15, 0.2) is 28.7 Å². The monoisotopic (exact) mass is 324 g/mol. The molecular formula is C16H18F2N2OS. The van der Waals surface area contributed by atoms with E-state index in [1.165, 1.54) is 17.4 Å². The number of aliphatic hydroxyl groups excluding tert-OH is 1. The molecule has 3 nitrogen and oxygen atoms in total. The fourth-order valence-electron chi connectivity index (χ4n) is 2.02. The SMILES string of the molecule is CCC(C)=Nc1cc(C(O)C(F)F)cc(-c2nccs2)c1C. The van der Waals surface area contributed by atoms with Gasteiger partial charge in [-0.15, -0.1) is 11.3 Å². The molecule has 2 aromatic rings. The van der Waals surface area contributed by atoms with Crippen LogP contribution in [0.5, 0.6) is 0 Å². The molecule has 1 aromatic heterocycles. The normalized spacial score (nSPS) is 13.7. The second-order valence-corrected chi connectivity index (χ2v) is 5.92. The zero-order valence-corrected chi connectivity index (χ0v) is 13.5. The quantitative estimate of drug-likeness (QED) is 0.794.